The molecule has 1 saturated heterocycles. The molecule has 2 aliphatic heterocycles. The number of nitrogens with two attached hydrogens (primary N) is 1. The van der Waals surface area contributed by atoms with Crippen molar-refractivity contribution in [2.75, 3.05) is 32.5 Å². The summed E-state index contributed by atoms with van der Waals surface area (Å²) >= 11 is 0. The summed E-state index contributed by atoms with van der Waals surface area (Å²) in [5.41, 5.74) is 9.59. The van der Waals surface area contributed by atoms with E-state index in [1.54, 1.807) is 7.11 Å². The van der Waals surface area contributed by atoms with Crippen molar-refractivity contribution < 1.29 is 14.3 Å². The number of nitrogen functional groups attached to an aromatic ring is 1. The van der Waals surface area contributed by atoms with Crippen LogP contribution in [-0.4, -0.2) is 37.6 Å². The topological polar surface area (TPSA) is 64.8 Å². The Morgan fingerprint density at radius 1 is 1.18 bits per heavy atom. The van der Waals surface area contributed by atoms with Crippen molar-refractivity contribution >= 4 is 24.0 Å². The number of halogens is 1. The second-order valence-electron chi connectivity index (χ2n) is 7.39. The van der Waals surface area contributed by atoms with Crippen molar-refractivity contribution in [3.63, 3.8) is 0 Å². The molecule has 2 N–H and O–H groups in total. The van der Waals surface area contributed by atoms with Gasteiger partial charge in [0.15, 0.2) is 0 Å². The number of anilines is 1. The normalized spacial score (nSPS) is 17.5. The highest BCUT2D eigenvalue weighted by Crippen LogP contribution is 2.45. The number of methoxy groups -OCH3 is 1. The minimum atomic E-state index is -0.335. The third-order valence-corrected chi connectivity index (χ3v) is 5.80. The molecule has 5 nitrogen and oxygen atoms in total. The zero-order chi connectivity index (χ0) is 18.9. The first-order valence-corrected chi connectivity index (χ1v) is 9.54. The summed E-state index contributed by atoms with van der Waals surface area (Å²) in [5, 5.41) is 0. The second-order valence-corrected chi connectivity index (χ2v) is 7.39. The van der Waals surface area contributed by atoms with Gasteiger partial charge in [-0.3, -0.25) is 4.79 Å². The maximum Gasteiger partial charge on any atom is 0.226 e. The molecule has 1 fully saturated rings. The molecule has 0 bridgehead atoms. The van der Waals surface area contributed by atoms with Crippen molar-refractivity contribution in [1.82, 2.24) is 4.90 Å². The van der Waals surface area contributed by atoms with E-state index >= 15 is 0 Å². The Kier molecular flexibility index (Phi) is 6.16. The van der Waals surface area contributed by atoms with E-state index in [0.29, 0.717) is 25.2 Å². The lowest BCUT2D eigenvalue weighted by Gasteiger charge is -2.45. The third-order valence-electron chi connectivity index (χ3n) is 5.80. The van der Waals surface area contributed by atoms with Gasteiger partial charge >= 0.3 is 0 Å². The Balaban J connectivity index is 0.00000225. The number of carbonyl (C=O) groups is 1. The van der Waals surface area contributed by atoms with E-state index in [1.807, 2.05) is 41.3 Å². The van der Waals surface area contributed by atoms with E-state index in [1.165, 1.54) is 11.1 Å². The van der Waals surface area contributed by atoms with Gasteiger partial charge in [0.25, 0.3) is 0 Å². The fraction of sp³-hybridized carbons (Fsp3) is 0.409. The predicted molar refractivity (Wildman–Crippen MR) is 112 cm³/mol. The molecular formula is C22H27ClN2O3. The van der Waals surface area contributed by atoms with Crippen LogP contribution < -0.4 is 10.5 Å². The average Bonchev–Trinajstić information content (AvgIpc) is 2.70. The molecule has 28 heavy (non-hydrogen) atoms. The monoisotopic (exact) mass is 402 g/mol. The highest BCUT2D eigenvalue weighted by atomic mass is 35.5. The van der Waals surface area contributed by atoms with Gasteiger partial charge in [-0.1, -0.05) is 24.3 Å². The van der Waals surface area contributed by atoms with Crippen LogP contribution in [0.3, 0.4) is 0 Å². The Labute approximate surface area is 172 Å². The summed E-state index contributed by atoms with van der Waals surface area (Å²) in [4.78, 5) is 14.7. The molecule has 1 amide bonds. The Morgan fingerprint density at radius 3 is 2.57 bits per heavy atom. The van der Waals surface area contributed by atoms with E-state index in [2.05, 4.69) is 6.07 Å². The number of rotatable bonds is 3. The minimum absolute atomic E-state index is 0. The van der Waals surface area contributed by atoms with E-state index in [4.69, 9.17) is 15.2 Å². The molecule has 2 aromatic rings. The number of piperidine rings is 1. The number of hydrogen-bond acceptors (Lipinski definition) is 4. The van der Waals surface area contributed by atoms with Crippen molar-refractivity contribution in [2.24, 2.45) is 0 Å². The molecule has 0 radical (unpaired) electrons. The molecule has 4 rings (SSSR count). The van der Waals surface area contributed by atoms with E-state index in [-0.39, 0.29) is 23.9 Å². The fourth-order valence-corrected chi connectivity index (χ4v) is 4.33. The van der Waals surface area contributed by atoms with Crippen LogP contribution >= 0.6 is 12.4 Å². The van der Waals surface area contributed by atoms with Gasteiger partial charge in [0.05, 0.1) is 20.1 Å². The van der Waals surface area contributed by atoms with Gasteiger partial charge in [-0.15, -0.1) is 12.4 Å². The van der Waals surface area contributed by atoms with Crippen LogP contribution in [0.5, 0.6) is 5.75 Å². The van der Waals surface area contributed by atoms with Gasteiger partial charge in [0.2, 0.25) is 5.91 Å². The molecule has 150 valence electrons. The predicted octanol–water partition coefficient (Wildman–Crippen LogP) is 3.33. The quantitative estimate of drug-likeness (QED) is 0.800. The van der Waals surface area contributed by atoms with Crippen LogP contribution in [0.25, 0.3) is 0 Å². The highest BCUT2D eigenvalue weighted by molar-refractivity contribution is 5.85. The lowest BCUT2D eigenvalue weighted by atomic mass is 9.78. The Hall–Kier alpha value is -2.24. The number of fused-ring (bicyclic) bond motifs is 2. The van der Waals surface area contributed by atoms with Crippen LogP contribution in [0.15, 0.2) is 42.5 Å². The first-order chi connectivity index (χ1) is 13.1. The van der Waals surface area contributed by atoms with Gasteiger partial charge in [0, 0.05) is 24.3 Å². The smallest absolute Gasteiger partial charge is 0.226 e. The average molecular weight is 403 g/mol. The van der Waals surface area contributed by atoms with Crippen LogP contribution in [0.2, 0.25) is 0 Å². The minimum Gasteiger partial charge on any atom is -0.496 e. The molecular weight excluding hydrogens is 376 g/mol. The van der Waals surface area contributed by atoms with E-state index < -0.39 is 0 Å². The molecule has 2 aliphatic rings. The highest BCUT2D eigenvalue weighted by Gasteiger charge is 2.43. The maximum atomic E-state index is 12.7. The lowest BCUT2D eigenvalue weighted by Crippen LogP contribution is -2.48. The molecule has 1 spiro atoms. The van der Waals surface area contributed by atoms with Crippen LogP contribution in [0.1, 0.15) is 29.5 Å². The van der Waals surface area contributed by atoms with Gasteiger partial charge < -0.3 is 20.1 Å². The van der Waals surface area contributed by atoms with Crippen LogP contribution in [0.4, 0.5) is 5.69 Å². The van der Waals surface area contributed by atoms with Crippen molar-refractivity contribution in [3.05, 3.63) is 59.2 Å². The number of nitrogens with zero attached hydrogens (tertiary/aromatic N) is 1. The van der Waals surface area contributed by atoms with Crippen molar-refractivity contribution in [1.29, 1.82) is 0 Å². The Bertz CT molecular complexity index is 816. The summed E-state index contributed by atoms with van der Waals surface area (Å²) in [6.07, 6.45) is 2.92. The molecule has 0 unspecified atom stereocenters. The van der Waals surface area contributed by atoms with E-state index in [9.17, 15) is 4.79 Å². The molecule has 0 saturated carbocycles. The standard InChI is InChI=1S/C22H26N2O3.ClH/c1-26-19-4-2-3-17-9-14-27-22(21(17)19)10-12-24(13-11-22)20(25)15-16-5-7-18(23)8-6-16;/h2-8H,9-15,23H2,1H3;1H. The zero-order valence-electron chi connectivity index (χ0n) is 16.1. The lowest BCUT2D eigenvalue weighted by molar-refractivity contribution is -0.140. The number of hydrogen-bond donors (Lipinski definition) is 1. The number of amides is 1. The fourth-order valence-electron chi connectivity index (χ4n) is 4.33. The van der Waals surface area contributed by atoms with Crippen LogP contribution in [-0.2, 0) is 28.0 Å². The zero-order valence-corrected chi connectivity index (χ0v) is 17.0. The molecule has 0 aromatic heterocycles. The molecule has 0 aliphatic carbocycles. The number of carbonyl (C=O) groups excluding carboxylic acids is 1. The third kappa shape index (κ3) is 3.82. The summed E-state index contributed by atoms with van der Waals surface area (Å²) in [6, 6.07) is 13.7. The van der Waals surface area contributed by atoms with Gasteiger partial charge in [-0.25, -0.2) is 0 Å². The van der Waals surface area contributed by atoms with Gasteiger partial charge in [0.1, 0.15) is 11.4 Å². The second kappa shape index (κ2) is 8.41. The SMILES string of the molecule is COc1cccc2c1C1(CCN(C(=O)Cc3ccc(N)cc3)CC1)OCC2.Cl. The van der Waals surface area contributed by atoms with Gasteiger partial charge in [-0.2, -0.15) is 0 Å². The Morgan fingerprint density at radius 2 is 1.89 bits per heavy atom. The molecule has 2 aromatic carbocycles. The first kappa shape index (κ1) is 20.5. The molecule has 6 heteroatoms. The maximum absolute atomic E-state index is 12.7. The summed E-state index contributed by atoms with van der Waals surface area (Å²) in [6.45, 7) is 2.12. The molecule has 2 heterocycles. The number of ether oxygens (including phenoxy) is 2. The van der Waals surface area contributed by atoms with Gasteiger partial charge in [-0.05, 0) is 48.6 Å². The van der Waals surface area contributed by atoms with Crippen molar-refractivity contribution in [3.8, 4) is 5.75 Å². The molecule has 0 atom stereocenters. The largest absolute Gasteiger partial charge is 0.496 e. The first-order valence-electron chi connectivity index (χ1n) is 9.54. The van der Waals surface area contributed by atoms with Crippen molar-refractivity contribution in [2.45, 2.75) is 31.3 Å². The summed E-state index contributed by atoms with van der Waals surface area (Å²) in [7, 11) is 1.71. The summed E-state index contributed by atoms with van der Waals surface area (Å²) < 4.78 is 11.9. The van der Waals surface area contributed by atoms with E-state index in [0.717, 1.165) is 37.2 Å². The summed E-state index contributed by atoms with van der Waals surface area (Å²) in [5.74, 6) is 1.06. The number of likely N-dealkylation sites (tertiary alicyclic amines) is 1. The number of benzene rings is 2. The van der Waals surface area contributed by atoms with Crippen LogP contribution in [0, 0.1) is 0 Å².